The molecule has 0 aromatic heterocycles. The summed E-state index contributed by atoms with van der Waals surface area (Å²) in [6, 6.07) is 8.24. The van der Waals surface area contributed by atoms with Crippen LogP contribution in [0.3, 0.4) is 0 Å². The summed E-state index contributed by atoms with van der Waals surface area (Å²) in [7, 11) is 2.33. The van der Waals surface area contributed by atoms with Crippen LogP contribution in [0.2, 0.25) is 0 Å². The molecule has 0 saturated carbocycles. The smallest absolute Gasteiger partial charge is 0.286 e. The molecule has 0 radical (unpaired) electrons. The van der Waals surface area contributed by atoms with Crippen LogP contribution in [0, 0.1) is 0 Å². The van der Waals surface area contributed by atoms with Crippen LogP contribution < -0.4 is 19.1 Å². The Bertz CT molecular complexity index is 1170. The Balaban J connectivity index is 1.91. The van der Waals surface area contributed by atoms with E-state index in [9.17, 15) is 13.2 Å². The number of anilines is 1. The van der Waals surface area contributed by atoms with Gasteiger partial charge < -0.3 is 24.0 Å². The molecular formula is C23H29N3O6S. The number of methoxy groups -OCH3 is 3. The molecule has 1 aliphatic rings. The number of amides is 1. The predicted octanol–water partition coefficient (Wildman–Crippen LogP) is 3.32. The lowest BCUT2D eigenvalue weighted by Crippen LogP contribution is -2.35. The van der Waals surface area contributed by atoms with Gasteiger partial charge in [-0.1, -0.05) is 6.92 Å². The van der Waals surface area contributed by atoms with E-state index in [4.69, 9.17) is 14.2 Å². The zero-order valence-corrected chi connectivity index (χ0v) is 20.5. The molecule has 0 fully saturated rings. The molecule has 0 spiro atoms. The quantitative estimate of drug-likeness (QED) is 0.578. The minimum absolute atomic E-state index is 0.0357. The number of sulfonamides is 1. The maximum absolute atomic E-state index is 13.1. The number of carbonyl (C=O) groups is 1. The van der Waals surface area contributed by atoms with Crippen LogP contribution in [0.15, 0.2) is 39.6 Å². The van der Waals surface area contributed by atoms with Gasteiger partial charge in [-0.05, 0) is 49.2 Å². The average molecular weight is 476 g/mol. The standard InChI is InChI=1S/C23H29N3O6S/c1-7-10-26-15(2)24-33(28,29)21-13-17(8-9-18(21)26)23(27)25(3)14-16-11-19(30-4)22(32-6)20(12-16)31-5/h8-9,11-13H,7,10,14H2,1-6H3. The Labute approximate surface area is 194 Å². The largest absolute Gasteiger partial charge is 0.493 e. The van der Waals surface area contributed by atoms with Crippen LogP contribution in [0.1, 0.15) is 36.2 Å². The van der Waals surface area contributed by atoms with Gasteiger partial charge in [-0.15, -0.1) is 4.40 Å². The molecule has 1 amide bonds. The average Bonchev–Trinajstić information content (AvgIpc) is 2.79. The first-order valence-electron chi connectivity index (χ1n) is 10.4. The van der Waals surface area contributed by atoms with Crippen LogP contribution in [-0.2, 0) is 16.6 Å². The summed E-state index contributed by atoms with van der Waals surface area (Å²) in [5.41, 5.74) is 1.56. The monoisotopic (exact) mass is 475 g/mol. The Morgan fingerprint density at radius 2 is 1.70 bits per heavy atom. The molecular weight excluding hydrogens is 446 g/mol. The Kier molecular flexibility index (Phi) is 7.16. The van der Waals surface area contributed by atoms with E-state index in [1.807, 2.05) is 11.8 Å². The van der Waals surface area contributed by atoms with Crippen molar-refractivity contribution < 1.29 is 27.4 Å². The lowest BCUT2D eigenvalue weighted by atomic mass is 10.1. The van der Waals surface area contributed by atoms with Crippen molar-refractivity contribution in [3.05, 3.63) is 41.5 Å². The molecule has 0 bridgehead atoms. The second-order valence-electron chi connectivity index (χ2n) is 7.64. The molecule has 33 heavy (non-hydrogen) atoms. The minimum Gasteiger partial charge on any atom is -0.493 e. The maximum atomic E-state index is 13.1. The van der Waals surface area contributed by atoms with E-state index in [1.165, 1.54) is 32.3 Å². The maximum Gasteiger partial charge on any atom is 0.286 e. The van der Waals surface area contributed by atoms with E-state index in [0.29, 0.717) is 35.3 Å². The van der Waals surface area contributed by atoms with Crippen molar-refractivity contribution in [2.24, 2.45) is 4.40 Å². The first-order chi connectivity index (χ1) is 15.7. The number of nitrogens with zero attached hydrogens (tertiary/aromatic N) is 3. The summed E-state index contributed by atoms with van der Waals surface area (Å²) in [5.74, 6) is 1.52. The van der Waals surface area contributed by atoms with Crippen molar-refractivity contribution in [1.29, 1.82) is 0 Å². The van der Waals surface area contributed by atoms with Crippen LogP contribution in [0.5, 0.6) is 17.2 Å². The molecule has 2 aromatic carbocycles. The zero-order valence-electron chi connectivity index (χ0n) is 19.7. The van der Waals surface area contributed by atoms with Gasteiger partial charge in [-0.2, -0.15) is 8.42 Å². The summed E-state index contributed by atoms with van der Waals surface area (Å²) < 4.78 is 45.4. The fraction of sp³-hybridized carbons (Fsp3) is 0.391. The molecule has 10 heteroatoms. The fourth-order valence-corrected chi connectivity index (χ4v) is 5.09. The van der Waals surface area contributed by atoms with Gasteiger partial charge in [-0.3, -0.25) is 4.79 Å². The van der Waals surface area contributed by atoms with Gasteiger partial charge in [0, 0.05) is 25.7 Å². The zero-order chi connectivity index (χ0) is 24.3. The van der Waals surface area contributed by atoms with Gasteiger partial charge >= 0.3 is 0 Å². The highest BCUT2D eigenvalue weighted by atomic mass is 32.2. The third-order valence-electron chi connectivity index (χ3n) is 5.36. The summed E-state index contributed by atoms with van der Waals surface area (Å²) in [6.45, 7) is 4.55. The number of fused-ring (bicyclic) bond motifs is 1. The summed E-state index contributed by atoms with van der Waals surface area (Å²) in [6.07, 6.45) is 0.824. The Morgan fingerprint density at radius 3 is 2.24 bits per heavy atom. The van der Waals surface area contributed by atoms with E-state index in [1.54, 1.807) is 38.2 Å². The second kappa shape index (κ2) is 9.70. The molecule has 2 aromatic rings. The summed E-state index contributed by atoms with van der Waals surface area (Å²) >= 11 is 0. The van der Waals surface area contributed by atoms with E-state index in [2.05, 4.69) is 4.40 Å². The van der Waals surface area contributed by atoms with Gasteiger partial charge in [0.25, 0.3) is 15.9 Å². The SMILES string of the molecule is CCCN1C(C)=NS(=O)(=O)c2cc(C(=O)N(C)Cc3cc(OC)c(OC)c(OC)c3)ccc21. The lowest BCUT2D eigenvalue weighted by molar-refractivity contribution is 0.0784. The number of benzene rings is 2. The molecule has 0 saturated heterocycles. The minimum atomic E-state index is -3.88. The van der Waals surface area contributed by atoms with Gasteiger partial charge in [0.2, 0.25) is 5.75 Å². The lowest BCUT2D eigenvalue weighted by Gasteiger charge is -2.29. The van der Waals surface area contributed by atoms with Crippen molar-refractivity contribution in [3.63, 3.8) is 0 Å². The first kappa shape index (κ1) is 24.4. The summed E-state index contributed by atoms with van der Waals surface area (Å²) in [4.78, 5) is 16.5. The van der Waals surface area contributed by atoms with E-state index in [0.717, 1.165) is 12.0 Å². The molecule has 0 atom stereocenters. The highest BCUT2D eigenvalue weighted by Crippen LogP contribution is 2.38. The summed E-state index contributed by atoms with van der Waals surface area (Å²) in [5, 5.41) is 0. The van der Waals surface area contributed by atoms with Crippen LogP contribution >= 0.6 is 0 Å². The van der Waals surface area contributed by atoms with Crippen LogP contribution in [0.25, 0.3) is 0 Å². The fourth-order valence-electron chi connectivity index (χ4n) is 3.82. The van der Waals surface area contributed by atoms with Crippen molar-refractivity contribution in [2.75, 3.05) is 39.8 Å². The molecule has 1 aliphatic heterocycles. The molecule has 0 N–H and O–H groups in total. The highest BCUT2D eigenvalue weighted by Gasteiger charge is 2.30. The number of ether oxygens (including phenoxy) is 3. The number of hydrogen-bond donors (Lipinski definition) is 0. The van der Waals surface area contributed by atoms with Crippen LogP contribution in [0.4, 0.5) is 5.69 Å². The number of rotatable bonds is 8. The normalized spacial score (nSPS) is 14.2. The van der Waals surface area contributed by atoms with Gasteiger partial charge in [0.05, 0.1) is 27.0 Å². The second-order valence-corrected chi connectivity index (χ2v) is 9.22. The van der Waals surface area contributed by atoms with Crippen LogP contribution in [-0.4, -0.2) is 60.0 Å². The highest BCUT2D eigenvalue weighted by molar-refractivity contribution is 7.90. The van der Waals surface area contributed by atoms with Crippen molar-refractivity contribution in [1.82, 2.24) is 4.90 Å². The molecule has 0 aliphatic carbocycles. The Hall–Kier alpha value is -3.27. The van der Waals surface area contributed by atoms with Crippen molar-refractivity contribution >= 4 is 27.5 Å². The van der Waals surface area contributed by atoms with Gasteiger partial charge in [0.1, 0.15) is 10.7 Å². The third-order valence-corrected chi connectivity index (χ3v) is 6.74. The van der Waals surface area contributed by atoms with E-state index >= 15 is 0 Å². The first-order valence-corrected chi connectivity index (χ1v) is 11.9. The van der Waals surface area contributed by atoms with E-state index < -0.39 is 10.0 Å². The molecule has 3 rings (SSSR count). The topological polar surface area (TPSA) is 97.7 Å². The van der Waals surface area contributed by atoms with E-state index in [-0.39, 0.29) is 22.9 Å². The number of carbonyl (C=O) groups excluding carboxylic acids is 1. The number of amidine groups is 1. The van der Waals surface area contributed by atoms with Gasteiger partial charge in [0.15, 0.2) is 11.5 Å². The molecule has 1 heterocycles. The molecule has 178 valence electrons. The van der Waals surface area contributed by atoms with Crippen molar-refractivity contribution in [2.45, 2.75) is 31.7 Å². The van der Waals surface area contributed by atoms with Gasteiger partial charge in [-0.25, -0.2) is 0 Å². The predicted molar refractivity (Wildman–Crippen MR) is 126 cm³/mol. The molecule has 0 unspecified atom stereocenters. The molecule has 9 nitrogen and oxygen atoms in total. The Morgan fingerprint density at radius 1 is 1.06 bits per heavy atom. The van der Waals surface area contributed by atoms with Crippen molar-refractivity contribution in [3.8, 4) is 17.2 Å². The third kappa shape index (κ3) is 4.75. The number of hydrogen-bond acceptors (Lipinski definition) is 7.